The third kappa shape index (κ3) is 5.34. The molecule has 0 radical (unpaired) electrons. The van der Waals surface area contributed by atoms with Gasteiger partial charge in [-0.05, 0) is 111 Å². The minimum atomic E-state index is 1.13. The average Bonchev–Trinajstić information content (AvgIpc) is 3.78. The Morgan fingerprint density at radius 1 is 0.196 bits per heavy atom. The Bertz CT molecular complexity index is 3120. The van der Waals surface area contributed by atoms with Crippen molar-refractivity contribution in [2.24, 2.45) is 0 Å². The van der Waals surface area contributed by atoms with Crippen molar-refractivity contribution in [2.75, 3.05) is 0 Å². The third-order valence-corrected chi connectivity index (χ3v) is 11.3. The van der Waals surface area contributed by atoms with Gasteiger partial charge in [-0.15, -0.1) is 0 Å². The van der Waals surface area contributed by atoms with Crippen molar-refractivity contribution in [1.82, 2.24) is 9.13 Å². The normalized spacial score (nSPS) is 11.6. The van der Waals surface area contributed by atoms with Crippen LogP contribution in [-0.4, -0.2) is 9.13 Å². The molecule has 0 amide bonds. The number of fused-ring (bicyclic) bond motifs is 6. The molecular formula is C54H36N2. The molecule has 0 aliphatic heterocycles. The lowest BCUT2D eigenvalue weighted by Gasteiger charge is -2.15. The van der Waals surface area contributed by atoms with Crippen LogP contribution in [0.4, 0.5) is 0 Å². The quantitative estimate of drug-likeness (QED) is 0.162. The second-order valence-corrected chi connectivity index (χ2v) is 14.6. The topological polar surface area (TPSA) is 9.86 Å². The van der Waals surface area contributed by atoms with E-state index < -0.39 is 0 Å². The van der Waals surface area contributed by atoms with E-state index in [1.54, 1.807) is 0 Å². The molecule has 0 spiro atoms. The maximum Gasteiger partial charge on any atom is 0.0548 e. The van der Waals surface area contributed by atoms with Crippen molar-refractivity contribution in [3.05, 3.63) is 218 Å². The monoisotopic (exact) mass is 712 g/mol. The molecule has 2 heteroatoms. The van der Waals surface area contributed by atoms with E-state index in [0.717, 1.165) is 11.4 Å². The van der Waals surface area contributed by atoms with Crippen molar-refractivity contribution in [1.29, 1.82) is 0 Å². The summed E-state index contributed by atoms with van der Waals surface area (Å²) in [5.74, 6) is 0. The zero-order valence-corrected chi connectivity index (χ0v) is 30.7. The van der Waals surface area contributed by atoms with Gasteiger partial charge < -0.3 is 9.13 Å². The molecule has 2 aromatic heterocycles. The number of nitrogens with zero attached hydrogens (tertiary/aromatic N) is 2. The molecule has 2 heterocycles. The minimum Gasteiger partial charge on any atom is -0.309 e. The fraction of sp³-hybridized carbons (Fsp3) is 0. The van der Waals surface area contributed by atoms with E-state index in [2.05, 4.69) is 228 Å². The van der Waals surface area contributed by atoms with Crippen LogP contribution in [0.15, 0.2) is 218 Å². The van der Waals surface area contributed by atoms with Crippen molar-refractivity contribution < 1.29 is 0 Å². The summed E-state index contributed by atoms with van der Waals surface area (Å²) < 4.78 is 4.89. The van der Waals surface area contributed by atoms with Crippen LogP contribution in [0.1, 0.15) is 0 Å². The summed E-state index contributed by atoms with van der Waals surface area (Å²) in [6.07, 6.45) is 0. The van der Waals surface area contributed by atoms with Gasteiger partial charge in [0.1, 0.15) is 0 Å². The van der Waals surface area contributed by atoms with Crippen molar-refractivity contribution >= 4 is 43.6 Å². The predicted octanol–water partition coefficient (Wildman–Crippen LogP) is 14.5. The lowest BCUT2D eigenvalue weighted by molar-refractivity contribution is 1.17. The summed E-state index contributed by atoms with van der Waals surface area (Å²) >= 11 is 0. The molecule has 0 bridgehead atoms. The van der Waals surface area contributed by atoms with Gasteiger partial charge in [-0.1, -0.05) is 152 Å². The Morgan fingerprint density at radius 3 is 1.04 bits per heavy atom. The highest BCUT2D eigenvalue weighted by Crippen LogP contribution is 2.41. The SMILES string of the molecule is c1ccc(-c2cccc(-c3cc(-c4cccc(-c5ccccc5)c4)cc(-n4c5ccccc5c5cc6c(cc54)c4ccccc4n6-c4ccccc4)c3)c2)cc1. The van der Waals surface area contributed by atoms with Crippen LogP contribution in [0.2, 0.25) is 0 Å². The Kier molecular flexibility index (Phi) is 7.53. The van der Waals surface area contributed by atoms with E-state index in [-0.39, 0.29) is 0 Å². The van der Waals surface area contributed by atoms with E-state index in [0.29, 0.717) is 0 Å². The average molecular weight is 713 g/mol. The summed E-state index contributed by atoms with van der Waals surface area (Å²) in [7, 11) is 0. The van der Waals surface area contributed by atoms with Crippen LogP contribution >= 0.6 is 0 Å². The summed E-state index contributed by atoms with van der Waals surface area (Å²) in [5, 5.41) is 4.95. The molecule has 0 saturated heterocycles. The second-order valence-electron chi connectivity index (χ2n) is 14.6. The van der Waals surface area contributed by atoms with Gasteiger partial charge >= 0.3 is 0 Å². The molecule has 0 unspecified atom stereocenters. The van der Waals surface area contributed by atoms with Gasteiger partial charge in [0, 0.05) is 32.9 Å². The van der Waals surface area contributed by atoms with E-state index in [1.807, 2.05) is 0 Å². The highest BCUT2D eigenvalue weighted by molar-refractivity contribution is 6.19. The largest absolute Gasteiger partial charge is 0.309 e. The van der Waals surface area contributed by atoms with E-state index in [9.17, 15) is 0 Å². The van der Waals surface area contributed by atoms with Gasteiger partial charge in [0.05, 0.1) is 22.1 Å². The van der Waals surface area contributed by atoms with Crippen LogP contribution in [0.3, 0.4) is 0 Å². The maximum atomic E-state index is 2.48. The number of hydrogen-bond donors (Lipinski definition) is 0. The van der Waals surface area contributed by atoms with Gasteiger partial charge in [0.25, 0.3) is 0 Å². The van der Waals surface area contributed by atoms with Crippen LogP contribution in [0, 0.1) is 0 Å². The highest BCUT2D eigenvalue weighted by atomic mass is 15.0. The smallest absolute Gasteiger partial charge is 0.0548 e. The number of hydrogen-bond acceptors (Lipinski definition) is 0. The molecule has 0 saturated carbocycles. The zero-order valence-electron chi connectivity index (χ0n) is 30.7. The van der Waals surface area contributed by atoms with Crippen LogP contribution in [0.25, 0.3) is 99.5 Å². The lowest BCUT2D eigenvalue weighted by atomic mass is 9.94. The summed E-state index contributed by atoms with van der Waals surface area (Å²) in [6.45, 7) is 0. The molecule has 0 fully saturated rings. The Hall–Kier alpha value is -7.42. The standard InChI is InChI=1S/C54H36N2/c1-4-16-37(17-5-1)39-20-14-22-41(30-39)43-32-44(42-23-15-21-40(31-42)38-18-6-2-7-19-38)34-46(33-43)56-52-29-13-11-27-48(52)50-35-53-49(36-54(50)56)47-26-10-12-28-51(47)55(53)45-24-8-3-9-25-45/h1-36H. The number of benzene rings is 9. The molecule has 11 rings (SSSR count). The van der Waals surface area contributed by atoms with Crippen molar-refractivity contribution in [2.45, 2.75) is 0 Å². The van der Waals surface area contributed by atoms with Crippen LogP contribution < -0.4 is 0 Å². The van der Waals surface area contributed by atoms with E-state index in [1.165, 1.54) is 88.1 Å². The van der Waals surface area contributed by atoms with Crippen molar-refractivity contribution in [3.8, 4) is 55.9 Å². The molecule has 0 N–H and O–H groups in total. The van der Waals surface area contributed by atoms with Gasteiger partial charge in [-0.2, -0.15) is 0 Å². The summed E-state index contributed by atoms with van der Waals surface area (Å²) in [6, 6.07) is 79.5. The molecule has 9 aromatic carbocycles. The molecule has 11 aromatic rings. The molecule has 2 nitrogen and oxygen atoms in total. The van der Waals surface area contributed by atoms with Gasteiger partial charge in [0.2, 0.25) is 0 Å². The molecule has 0 aliphatic rings. The third-order valence-electron chi connectivity index (χ3n) is 11.3. The summed E-state index contributed by atoms with van der Waals surface area (Å²) in [4.78, 5) is 0. The van der Waals surface area contributed by atoms with E-state index in [4.69, 9.17) is 0 Å². The molecule has 56 heavy (non-hydrogen) atoms. The molecular weight excluding hydrogens is 677 g/mol. The first-order valence-corrected chi connectivity index (χ1v) is 19.3. The zero-order chi connectivity index (χ0) is 37.0. The first-order valence-electron chi connectivity index (χ1n) is 19.3. The van der Waals surface area contributed by atoms with Gasteiger partial charge in [-0.25, -0.2) is 0 Å². The minimum absolute atomic E-state index is 1.13. The van der Waals surface area contributed by atoms with Gasteiger partial charge in [-0.3, -0.25) is 0 Å². The lowest BCUT2D eigenvalue weighted by Crippen LogP contribution is -1.96. The maximum absolute atomic E-state index is 2.48. The fourth-order valence-corrected chi connectivity index (χ4v) is 8.66. The fourth-order valence-electron chi connectivity index (χ4n) is 8.66. The first-order chi connectivity index (χ1) is 27.8. The van der Waals surface area contributed by atoms with E-state index >= 15 is 0 Å². The molecule has 262 valence electrons. The Balaban J connectivity index is 1.19. The Morgan fingerprint density at radius 2 is 0.554 bits per heavy atom. The number of para-hydroxylation sites is 3. The number of rotatable bonds is 6. The molecule has 0 aliphatic carbocycles. The first kappa shape index (κ1) is 32.0. The molecule has 0 atom stereocenters. The van der Waals surface area contributed by atoms with Crippen molar-refractivity contribution in [3.63, 3.8) is 0 Å². The predicted molar refractivity (Wildman–Crippen MR) is 237 cm³/mol. The van der Waals surface area contributed by atoms with Crippen LogP contribution in [-0.2, 0) is 0 Å². The second kappa shape index (κ2) is 13.2. The highest BCUT2D eigenvalue weighted by Gasteiger charge is 2.19. The Labute approximate surface area is 325 Å². The number of aromatic nitrogens is 2. The van der Waals surface area contributed by atoms with Gasteiger partial charge in [0.15, 0.2) is 0 Å². The summed E-state index contributed by atoms with van der Waals surface area (Å²) in [5.41, 5.74) is 16.6. The van der Waals surface area contributed by atoms with Crippen LogP contribution in [0.5, 0.6) is 0 Å².